The summed E-state index contributed by atoms with van der Waals surface area (Å²) in [5.41, 5.74) is 0.273. The number of carboxylic acid groups (broad SMARTS) is 1. The van der Waals surface area contributed by atoms with Crippen molar-refractivity contribution < 1.29 is 18.7 Å². The van der Waals surface area contributed by atoms with E-state index in [2.05, 4.69) is 5.32 Å². The summed E-state index contributed by atoms with van der Waals surface area (Å²) in [6.07, 6.45) is 0. The van der Waals surface area contributed by atoms with Crippen LogP contribution in [0.25, 0.3) is 0 Å². The predicted octanol–water partition coefficient (Wildman–Crippen LogP) is 3.20. The van der Waals surface area contributed by atoms with E-state index in [1.807, 2.05) is 0 Å². The van der Waals surface area contributed by atoms with Crippen molar-refractivity contribution in [2.45, 2.75) is 6.04 Å². The molecule has 2 aromatic carbocycles. The Balaban J connectivity index is 2.32. The van der Waals surface area contributed by atoms with Crippen molar-refractivity contribution in [3.05, 3.63) is 65.7 Å². The molecule has 0 amide bonds. The van der Waals surface area contributed by atoms with Gasteiger partial charge < -0.3 is 10.4 Å². The lowest BCUT2D eigenvalue weighted by Gasteiger charge is -2.16. The molecule has 0 aliphatic rings. The van der Waals surface area contributed by atoms with E-state index in [4.69, 9.17) is 5.11 Å². The molecule has 0 fully saturated rings. The fourth-order valence-corrected chi connectivity index (χ4v) is 1.70. The average Bonchev–Trinajstić information content (AvgIpc) is 2.40. The van der Waals surface area contributed by atoms with Crippen molar-refractivity contribution in [1.82, 2.24) is 0 Å². The number of aliphatic carboxylic acids is 1. The van der Waals surface area contributed by atoms with Crippen LogP contribution in [0.4, 0.5) is 14.5 Å². The largest absolute Gasteiger partial charge is 0.479 e. The molecule has 0 aliphatic heterocycles. The second kappa shape index (κ2) is 5.48. The Bertz CT molecular complexity index is 587. The van der Waals surface area contributed by atoms with Gasteiger partial charge in [0.1, 0.15) is 11.6 Å². The van der Waals surface area contributed by atoms with Gasteiger partial charge in [0.05, 0.1) is 5.69 Å². The zero-order valence-corrected chi connectivity index (χ0v) is 9.81. The predicted molar refractivity (Wildman–Crippen MR) is 66.8 cm³/mol. The van der Waals surface area contributed by atoms with Gasteiger partial charge in [-0.1, -0.05) is 30.3 Å². The number of nitrogens with one attached hydrogen (secondary N) is 1. The van der Waals surface area contributed by atoms with Gasteiger partial charge in [0, 0.05) is 0 Å². The van der Waals surface area contributed by atoms with Gasteiger partial charge in [-0.05, 0) is 23.8 Å². The van der Waals surface area contributed by atoms with E-state index in [0.29, 0.717) is 5.56 Å². The zero-order valence-electron chi connectivity index (χ0n) is 9.81. The fourth-order valence-electron chi connectivity index (χ4n) is 1.70. The number of carbonyl (C=O) groups is 1. The topological polar surface area (TPSA) is 49.3 Å². The Kier molecular flexibility index (Phi) is 3.75. The number of hydrogen-bond acceptors (Lipinski definition) is 2. The van der Waals surface area contributed by atoms with Gasteiger partial charge >= 0.3 is 5.97 Å². The van der Waals surface area contributed by atoms with E-state index in [0.717, 1.165) is 18.2 Å². The number of benzene rings is 2. The third-order valence-corrected chi connectivity index (χ3v) is 2.61. The minimum atomic E-state index is -1.17. The van der Waals surface area contributed by atoms with Gasteiger partial charge in [-0.15, -0.1) is 0 Å². The molecule has 5 heteroatoms. The van der Waals surface area contributed by atoms with Crippen molar-refractivity contribution in [1.29, 1.82) is 0 Å². The SMILES string of the molecule is O=C(O)C(Nc1cc(F)ccc1F)c1ccccc1. The highest BCUT2D eigenvalue weighted by Gasteiger charge is 2.20. The van der Waals surface area contributed by atoms with Crippen LogP contribution in [0, 0.1) is 11.6 Å². The first kappa shape index (κ1) is 13.0. The van der Waals surface area contributed by atoms with Crippen molar-refractivity contribution >= 4 is 11.7 Å². The van der Waals surface area contributed by atoms with Crippen molar-refractivity contribution in [3.8, 4) is 0 Å². The number of anilines is 1. The number of rotatable bonds is 4. The van der Waals surface area contributed by atoms with Crippen molar-refractivity contribution in [3.63, 3.8) is 0 Å². The molecule has 0 heterocycles. The molecule has 0 aromatic heterocycles. The van der Waals surface area contributed by atoms with E-state index in [1.165, 1.54) is 0 Å². The zero-order chi connectivity index (χ0) is 13.8. The highest BCUT2D eigenvalue weighted by atomic mass is 19.1. The lowest BCUT2D eigenvalue weighted by molar-refractivity contribution is -0.138. The Labute approximate surface area is 108 Å². The van der Waals surface area contributed by atoms with Gasteiger partial charge in [0.15, 0.2) is 6.04 Å². The van der Waals surface area contributed by atoms with Crippen LogP contribution in [0.3, 0.4) is 0 Å². The molecule has 1 atom stereocenters. The molecule has 0 saturated carbocycles. The Morgan fingerprint density at radius 3 is 2.42 bits per heavy atom. The van der Waals surface area contributed by atoms with Crippen LogP contribution in [0.5, 0.6) is 0 Å². The monoisotopic (exact) mass is 263 g/mol. The summed E-state index contributed by atoms with van der Waals surface area (Å²) in [5.74, 6) is -2.51. The molecular formula is C14H11F2NO2. The maximum atomic E-state index is 13.5. The fraction of sp³-hybridized carbons (Fsp3) is 0.0714. The summed E-state index contributed by atoms with van der Waals surface area (Å²) in [7, 11) is 0. The lowest BCUT2D eigenvalue weighted by atomic mass is 10.1. The van der Waals surface area contributed by atoms with Gasteiger partial charge in [-0.3, -0.25) is 0 Å². The van der Waals surface area contributed by atoms with Crippen LogP contribution in [-0.4, -0.2) is 11.1 Å². The molecule has 19 heavy (non-hydrogen) atoms. The van der Waals surface area contributed by atoms with Gasteiger partial charge in [-0.25, -0.2) is 13.6 Å². The number of carboxylic acids is 1. The molecule has 0 radical (unpaired) electrons. The van der Waals surface area contributed by atoms with Crippen LogP contribution in [-0.2, 0) is 4.79 Å². The van der Waals surface area contributed by atoms with Crippen LogP contribution in [0.2, 0.25) is 0 Å². The molecule has 1 unspecified atom stereocenters. The first-order valence-electron chi connectivity index (χ1n) is 5.57. The summed E-state index contributed by atoms with van der Waals surface area (Å²) < 4.78 is 26.5. The van der Waals surface area contributed by atoms with Crippen molar-refractivity contribution in [2.24, 2.45) is 0 Å². The molecular weight excluding hydrogens is 252 g/mol. The standard InChI is InChI=1S/C14H11F2NO2/c15-10-6-7-11(16)12(8-10)17-13(14(18)19)9-4-2-1-3-5-9/h1-8,13,17H,(H,18,19). The number of halogens is 2. The van der Waals surface area contributed by atoms with Crippen LogP contribution in [0.1, 0.15) is 11.6 Å². The Hall–Kier alpha value is -2.43. The maximum absolute atomic E-state index is 13.5. The normalized spacial score (nSPS) is 11.9. The Morgan fingerprint density at radius 2 is 1.79 bits per heavy atom. The van der Waals surface area contributed by atoms with E-state index >= 15 is 0 Å². The lowest BCUT2D eigenvalue weighted by Crippen LogP contribution is -2.21. The quantitative estimate of drug-likeness (QED) is 0.890. The van der Waals surface area contributed by atoms with Crippen LogP contribution in [0.15, 0.2) is 48.5 Å². The van der Waals surface area contributed by atoms with Gasteiger partial charge in [0.2, 0.25) is 0 Å². The molecule has 98 valence electrons. The minimum Gasteiger partial charge on any atom is -0.479 e. The summed E-state index contributed by atoms with van der Waals surface area (Å²) in [6, 6.07) is 9.99. The Morgan fingerprint density at radius 1 is 1.11 bits per heavy atom. The molecule has 0 saturated heterocycles. The molecule has 0 bridgehead atoms. The highest BCUT2D eigenvalue weighted by molar-refractivity contribution is 5.79. The van der Waals surface area contributed by atoms with Gasteiger partial charge in [0.25, 0.3) is 0 Å². The summed E-state index contributed by atoms with van der Waals surface area (Å²) in [5, 5.41) is 11.7. The van der Waals surface area contributed by atoms with E-state index in [-0.39, 0.29) is 5.69 Å². The van der Waals surface area contributed by atoms with Crippen molar-refractivity contribution in [2.75, 3.05) is 5.32 Å². The minimum absolute atomic E-state index is 0.184. The first-order valence-corrected chi connectivity index (χ1v) is 5.57. The summed E-state index contributed by atoms with van der Waals surface area (Å²) in [6.45, 7) is 0. The molecule has 2 N–H and O–H groups in total. The second-order valence-electron chi connectivity index (χ2n) is 3.95. The second-order valence-corrected chi connectivity index (χ2v) is 3.95. The summed E-state index contributed by atoms with van der Waals surface area (Å²) in [4.78, 5) is 11.2. The summed E-state index contributed by atoms with van der Waals surface area (Å²) >= 11 is 0. The smallest absolute Gasteiger partial charge is 0.330 e. The van der Waals surface area contributed by atoms with E-state index in [9.17, 15) is 13.6 Å². The molecule has 2 rings (SSSR count). The molecule has 0 spiro atoms. The first-order chi connectivity index (χ1) is 9.08. The molecule has 2 aromatic rings. The third-order valence-electron chi connectivity index (χ3n) is 2.61. The molecule has 3 nitrogen and oxygen atoms in total. The van der Waals surface area contributed by atoms with Crippen LogP contribution >= 0.6 is 0 Å². The van der Waals surface area contributed by atoms with Crippen LogP contribution < -0.4 is 5.32 Å². The van der Waals surface area contributed by atoms with E-state index in [1.54, 1.807) is 30.3 Å². The van der Waals surface area contributed by atoms with E-state index < -0.39 is 23.6 Å². The highest BCUT2D eigenvalue weighted by Crippen LogP contribution is 2.23. The van der Waals surface area contributed by atoms with Gasteiger partial charge in [-0.2, -0.15) is 0 Å². The number of hydrogen-bond donors (Lipinski definition) is 2. The maximum Gasteiger partial charge on any atom is 0.330 e. The molecule has 0 aliphatic carbocycles. The third kappa shape index (κ3) is 3.07. The average molecular weight is 263 g/mol.